The van der Waals surface area contributed by atoms with Crippen LogP contribution < -0.4 is 0 Å². The first kappa shape index (κ1) is 23.0. The maximum Gasteiger partial charge on any atom is -0.0353 e. The molecule has 0 aromatic rings. The molecule has 124 valence electrons. The third kappa shape index (κ3) is 21.0. The van der Waals surface area contributed by atoms with Crippen LogP contribution in [0.3, 0.4) is 0 Å². The summed E-state index contributed by atoms with van der Waals surface area (Å²) in [6.45, 7) is 4.59. The summed E-state index contributed by atoms with van der Waals surface area (Å²) in [7, 11) is 1.26. The van der Waals surface area contributed by atoms with Gasteiger partial charge in [0, 0.05) is 0 Å². The van der Waals surface area contributed by atoms with Crippen molar-refractivity contribution in [2.24, 2.45) is 0 Å². The van der Waals surface area contributed by atoms with E-state index in [2.05, 4.69) is 13.8 Å². The van der Waals surface area contributed by atoms with Gasteiger partial charge in [0.15, 0.2) is 0 Å². The van der Waals surface area contributed by atoms with Crippen LogP contribution in [-0.2, 0) is 0 Å². The molecular weight excluding hydrogens is 283 g/mol. The number of hydrogen-bond donors (Lipinski definition) is 0. The fourth-order valence-electron chi connectivity index (χ4n) is 2.54. The normalized spacial score (nSPS) is 10.5. The average molecular weight is 323 g/mol. The topological polar surface area (TPSA) is 0 Å². The molecule has 0 atom stereocenters. The fraction of sp³-hybridized carbons (Fsp3) is 1.00. The fourth-order valence-corrected chi connectivity index (χ4v) is 3.79. The van der Waals surface area contributed by atoms with E-state index in [0.717, 1.165) is 0 Å². The summed E-state index contributed by atoms with van der Waals surface area (Å²) in [5, 5.41) is 0. The largest absolute Gasteiger partial charge is 0.147 e. The second kappa shape index (κ2) is 22.0. The summed E-state index contributed by atoms with van der Waals surface area (Å²) in [5.41, 5.74) is 0. The van der Waals surface area contributed by atoms with Crippen molar-refractivity contribution in [3.05, 3.63) is 0 Å². The Bertz CT molecular complexity index is 134. The van der Waals surface area contributed by atoms with Gasteiger partial charge in [-0.3, -0.25) is 0 Å². The van der Waals surface area contributed by atoms with Gasteiger partial charge in [-0.25, -0.2) is 0 Å². The van der Waals surface area contributed by atoms with Crippen molar-refractivity contribution in [3.8, 4) is 0 Å². The SMILES string of the molecule is CCCCCCCCCPCCCCCCCCC.Cl. The van der Waals surface area contributed by atoms with Crippen molar-refractivity contribution in [2.75, 3.05) is 12.3 Å². The molecule has 0 aromatic carbocycles. The Morgan fingerprint density at radius 1 is 0.450 bits per heavy atom. The van der Waals surface area contributed by atoms with Crippen molar-refractivity contribution in [2.45, 2.75) is 104 Å². The molecule has 0 N–H and O–H groups in total. The molecule has 0 bridgehead atoms. The second-order valence-electron chi connectivity index (χ2n) is 5.99. The molecule has 0 aliphatic heterocycles. The molecule has 0 spiro atoms. The van der Waals surface area contributed by atoms with Crippen LogP contribution in [0.25, 0.3) is 0 Å². The minimum absolute atomic E-state index is 0. The Hall–Kier alpha value is 0.720. The van der Waals surface area contributed by atoms with Crippen molar-refractivity contribution in [3.63, 3.8) is 0 Å². The minimum atomic E-state index is 0. The van der Waals surface area contributed by atoms with E-state index in [0.29, 0.717) is 0 Å². The Kier molecular flexibility index (Phi) is 25.3. The van der Waals surface area contributed by atoms with Crippen molar-refractivity contribution in [1.82, 2.24) is 0 Å². The van der Waals surface area contributed by atoms with Gasteiger partial charge in [0.05, 0.1) is 0 Å². The molecule has 0 aromatic heterocycles. The molecule has 0 aliphatic carbocycles. The van der Waals surface area contributed by atoms with Gasteiger partial charge in [0.1, 0.15) is 0 Å². The maximum absolute atomic E-state index is 2.30. The van der Waals surface area contributed by atoms with Crippen molar-refractivity contribution < 1.29 is 0 Å². The zero-order chi connectivity index (χ0) is 14.0. The van der Waals surface area contributed by atoms with Crippen LogP contribution in [0, 0.1) is 0 Å². The Labute approximate surface area is 137 Å². The highest BCUT2D eigenvalue weighted by Gasteiger charge is 1.93. The molecule has 0 radical (unpaired) electrons. The Morgan fingerprint density at radius 3 is 1.10 bits per heavy atom. The molecule has 2 heteroatoms. The van der Waals surface area contributed by atoms with Crippen molar-refractivity contribution >= 4 is 21.0 Å². The monoisotopic (exact) mass is 322 g/mol. The summed E-state index contributed by atoms with van der Waals surface area (Å²) < 4.78 is 0. The summed E-state index contributed by atoms with van der Waals surface area (Å²) in [6.07, 6.45) is 23.5. The molecule has 0 heterocycles. The molecule has 0 unspecified atom stereocenters. The van der Waals surface area contributed by atoms with E-state index in [9.17, 15) is 0 Å². The van der Waals surface area contributed by atoms with Crippen LogP contribution in [0.2, 0.25) is 0 Å². The van der Waals surface area contributed by atoms with Crippen molar-refractivity contribution in [1.29, 1.82) is 0 Å². The van der Waals surface area contributed by atoms with E-state index in [1.54, 1.807) is 0 Å². The lowest BCUT2D eigenvalue weighted by Gasteiger charge is -2.03. The quantitative estimate of drug-likeness (QED) is 0.203. The van der Waals surface area contributed by atoms with E-state index in [1.807, 2.05) is 0 Å². The lowest BCUT2D eigenvalue weighted by molar-refractivity contribution is 0.600. The third-order valence-electron chi connectivity index (χ3n) is 3.91. The molecule has 20 heavy (non-hydrogen) atoms. The van der Waals surface area contributed by atoms with Gasteiger partial charge >= 0.3 is 0 Å². The lowest BCUT2D eigenvalue weighted by atomic mass is 10.1. The molecule has 0 saturated heterocycles. The Morgan fingerprint density at radius 2 is 0.750 bits per heavy atom. The van der Waals surface area contributed by atoms with Crippen LogP contribution in [0.4, 0.5) is 0 Å². The van der Waals surface area contributed by atoms with Gasteiger partial charge in [-0.05, 0) is 25.2 Å². The highest BCUT2D eigenvalue weighted by atomic mass is 35.5. The molecule has 0 amide bonds. The predicted octanol–water partition coefficient (Wildman–Crippen LogP) is 7.59. The van der Waals surface area contributed by atoms with Gasteiger partial charge in [-0.2, -0.15) is 0 Å². The van der Waals surface area contributed by atoms with E-state index in [4.69, 9.17) is 0 Å². The molecular formula is C18H40ClP. The van der Waals surface area contributed by atoms with Crippen LogP contribution in [0.1, 0.15) is 104 Å². The minimum Gasteiger partial charge on any atom is -0.147 e. The molecule has 0 saturated carbocycles. The average Bonchev–Trinajstić information content (AvgIpc) is 2.43. The molecule has 0 fully saturated rings. The van der Waals surface area contributed by atoms with Gasteiger partial charge in [-0.1, -0.05) is 90.9 Å². The van der Waals surface area contributed by atoms with Crippen LogP contribution in [0.15, 0.2) is 0 Å². The van der Waals surface area contributed by atoms with Gasteiger partial charge < -0.3 is 0 Å². The molecule has 0 rings (SSSR count). The number of unbranched alkanes of at least 4 members (excludes halogenated alkanes) is 12. The van der Waals surface area contributed by atoms with Gasteiger partial charge in [0.2, 0.25) is 0 Å². The standard InChI is InChI=1S/C18H39P.ClH/c1-3-5-7-9-11-13-15-17-19-18-16-14-12-10-8-6-4-2;/h19H,3-18H2,1-2H3;1H. The van der Waals surface area contributed by atoms with Gasteiger partial charge in [-0.15, -0.1) is 21.0 Å². The highest BCUT2D eigenvalue weighted by molar-refractivity contribution is 7.37. The smallest absolute Gasteiger partial charge is 0.0353 e. The van der Waals surface area contributed by atoms with E-state index < -0.39 is 0 Å². The number of halogens is 1. The number of hydrogen-bond acceptors (Lipinski definition) is 0. The zero-order valence-electron chi connectivity index (χ0n) is 14.2. The lowest BCUT2D eigenvalue weighted by Crippen LogP contribution is -1.85. The molecule has 0 aliphatic rings. The summed E-state index contributed by atoms with van der Waals surface area (Å²) in [4.78, 5) is 0. The highest BCUT2D eigenvalue weighted by Crippen LogP contribution is 2.18. The van der Waals surface area contributed by atoms with Crippen LogP contribution >= 0.6 is 21.0 Å². The van der Waals surface area contributed by atoms with Crippen LogP contribution in [0.5, 0.6) is 0 Å². The van der Waals surface area contributed by atoms with E-state index in [1.165, 1.54) is 111 Å². The summed E-state index contributed by atoms with van der Waals surface area (Å²) in [6, 6.07) is 0. The molecule has 0 nitrogen and oxygen atoms in total. The maximum atomic E-state index is 2.30. The van der Waals surface area contributed by atoms with E-state index >= 15 is 0 Å². The third-order valence-corrected chi connectivity index (χ3v) is 5.33. The first-order valence-electron chi connectivity index (χ1n) is 9.12. The zero-order valence-corrected chi connectivity index (χ0v) is 16.0. The Balaban J connectivity index is 0. The second-order valence-corrected chi connectivity index (χ2v) is 7.49. The van der Waals surface area contributed by atoms with Crippen LogP contribution in [-0.4, -0.2) is 12.3 Å². The van der Waals surface area contributed by atoms with Gasteiger partial charge in [0.25, 0.3) is 0 Å². The first-order chi connectivity index (χ1) is 9.41. The predicted molar refractivity (Wildman–Crippen MR) is 101 cm³/mol. The van der Waals surface area contributed by atoms with E-state index in [-0.39, 0.29) is 12.4 Å². The first-order valence-corrected chi connectivity index (χ1v) is 10.5. The number of rotatable bonds is 16. The summed E-state index contributed by atoms with van der Waals surface area (Å²) in [5.74, 6) is 0. The summed E-state index contributed by atoms with van der Waals surface area (Å²) >= 11 is 0.